The van der Waals surface area contributed by atoms with Gasteiger partial charge in [0.1, 0.15) is 18.9 Å². The van der Waals surface area contributed by atoms with Gasteiger partial charge in [-0.2, -0.15) is 4.57 Å². The van der Waals surface area contributed by atoms with Gasteiger partial charge in [-0.3, -0.25) is 9.69 Å². The van der Waals surface area contributed by atoms with E-state index in [-0.39, 0.29) is 36.6 Å². The van der Waals surface area contributed by atoms with Crippen molar-refractivity contribution in [2.24, 2.45) is 7.05 Å². The molecule has 0 aliphatic carbocycles. The number of likely N-dealkylation sites (N-methyl/N-ethyl adjacent to an activating group) is 1. The number of ether oxygens (including phenoxy) is 1. The second kappa shape index (κ2) is 7.25. The molecule has 1 rings (SSSR count). The Kier molecular flexibility index (Phi) is 6.78. The number of hydrogen-bond acceptors (Lipinski definition) is 3. The van der Waals surface area contributed by atoms with Crippen LogP contribution in [0.3, 0.4) is 0 Å². The molecule has 1 heterocycles. The topological polar surface area (TPSA) is 55.4 Å². The van der Waals surface area contributed by atoms with Crippen molar-refractivity contribution in [1.29, 1.82) is 0 Å². The first-order chi connectivity index (χ1) is 7.58. The maximum absolute atomic E-state index is 11.9. The van der Waals surface area contributed by atoms with Crippen molar-refractivity contribution < 1.29 is 42.9 Å². The third-order valence-electron chi connectivity index (χ3n) is 2.19. The summed E-state index contributed by atoms with van der Waals surface area (Å²) in [5.74, 6) is -0.424. The molecule has 0 fully saturated rings. The van der Waals surface area contributed by atoms with Crippen molar-refractivity contribution >= 4 is 12.0 Å². The number of aromatic nitrogens is 2. The Morgan fingerprint density at radius 1 is 1.47 bits per heavy atom. The standard InChI is InChI=1S/C10H16N3O3.HI/c1-4-12(7-9(14)16-3)10(15)13-6-5-11(2)8-13;/h5-6,8H,4,7H2,1-3H3;1H/q+1;/p-1. The zero-order valence-electron chi connectivity index (χ0n) is 10.1. The molecule has 0 saturated carbocycles. The van der Waals surface area contributed by atoms with E-state index >= 15 is 0 Å². The van der Waals surface area contributed by atoms with Gasteiger partial charge in [0.05, 0.1) is 14.2 Å². The molecule has 0 aliphatic heterocycles. The monoisotopic (exact) mass is 353 g/mol. The van der Waals surface area contributed by atoms with Gasteiger partial charge in [0.15, 0.2) is 0 Å². The molecule has 0 unspecified atom stereocenters. The van der Waals surface area contributed by atoms with Crippen molar-refractivity contribution in [3.05, 3.63) is 18.7 Å². The fourth-order valence-corrected chi connectivity index (χ4v) is 1.26. The van der Waals surface area contributed by atoms with Crippen molar-refractivity contribution in [2.75, 3.05) is 20.2 Å². The second-order valence-electron chi connectivity index (χ2n) is 3.36. The van der Waals surface area contributed by atoms with Crippen molar-refractivity contribution in [3.8, 4) is 0 Å². The third-order valence-corrected chi connectivity index (χ3v) is 2.19. The number of rotatable bonds is 3. The molecule has 0 bridgehead atoms. The van der Waals surface area contributed by atoms with E-state index in [1.165, 1.54) is 16.6 Å². The summed E-state index contributed by atoms with van der Waals surface area (Å²) in [7, 11) is 3.12. The zero-order chi connectivity index (χ0) is 12.1. The fraction of sp³-hybridized carbons (Fsp3) is 0.500. The van der Waals surface area contributed by atoms with Gasteiger partial charge in [0.25, 0.3) is 6.33 Å². The number of hydrogen-bond donors (Lipinski definition) is 0. The Hall–Kier alpha value is -1.12. The average Bonchev–Trinajstić information content (AvgIpc) is 2.71. The summed E-state index contributed by atoms with van der Waals surface area (Å²) in [5, 5.41) is 0. The highest BCUT2D eigenvalue weighted by Gasteiger charge is 2.21. The van der Waals surface area contributed by atoms with Gasteiger partial charge in [0.2, 0.25) is 0 Å². The van der Waals surface area contributed by atoms with E-state index in [1.807, 2.05) is 14.0 Å². The predicted molar refractivity (Wildman–Crippen MR) is 55.7 cm³/mol. The Morgan fingerprint density at radius 2 is 2.12 bits per heavy atom. The Bertz CT molecular complexity index is 392. The van der Waals surface area contributed by atoms with E-state index < -0.39 is 5.97 Å². The summed E-state index contributed by atoms with van der Waals surface area (Å²) in [5.41, 5.74) is 0. The minimum Gasteiger partial charge on any atom is -1.00 e. The maximum Gasteiger partial charge on any atom is 0.416 e. The molecule has 1 aromatic heterocycles. The minimum absolute atomic E-state index is 0. The van der Waals surface area contributed by atoms with Gasteiger partial charge in [-0.25, -0.2) is 9.36 Å². The second-order valence-corrected chi connectivity index (χ2v) is 3.36. The molecule has 0 atom stereocenters. The zero-order valence-corrected chi connectivity index (χ0v) is 12.2. The van der Waals surface area contributed by atoms with E-state index in [2.05, 4.69) is 4.74 Å². The lowest BCUT2D eigenvalue weighted by atomic mass is 10.5. The number of carbonyl (C=O) groups excluding carboxylic acids is 2. The van der Waals surface area contributed by atoms with Crippen LogP contribution < -0.4 is 28.5 Å². The summed E-state index contributed by atoms with van der Waals surface area (Å²) >= 11 is 0. The van der Waals surface area contributed by atoms with Crippen LogP contribution >= 0.6 is 0 Å². The highest BCUT2D eigenvalue weighted by atomic mass is 127. The van der Waals surface area contributed by atoms with Gasteiger partial charge >= 0.3 is 12.0 Å². The highest BCUT2D eigenvalue weighted by Crippen LogP contribution is 1.96. The molecule has 0 radical (unpaired) electrons. The number of nitrogens with zero attached hydrogens (tertiary/aromatic N) is 3. The van der Waals surface area contributed by atoms with E-state index in [0.717, 1.165) is 0 Å². The van der Waals surface area contributed by atoms with Crippen LogP contribution in [0.15, 0.2) is 18.7 Å². The maximum atomic E-state index is 11.9. The van der Waals surface area contributed by atoms with Crippen LogP contribution in [0.5, 0.6) is 0 Å². The lowest BCUT2D eigenvalue weighted by Gasteiger charge is -2.15. The van der Waals surface area contributed by atoms with Crippen LogP contribution in [0.2, 0.25) is 0 Å². The Morgan fingerprint density at radius 3 is 2.53 bits per heavy atom. The average molecular weight is 353 g/mol. The number of aryl methyl sites for hydroxylation is 1. The minimum atomic E-state index is -0.424. The molecular formula is C10H16IN3O3. The molecule has 96 valence electrons. The van der Waals surface area contributed by atoms with E-state index in [0.29, 0.717) is 6.54 Å². The highest BCUT2D eigenvalue weighted by molar-refractivity contribution is 5.82. The van der Waals surface area contributed by atoms with Gasteiger partial charge in [-0.15, -0.1) is 0 Å². The number of methoxy groups -OCH3 is 1. The van der Waals surface area contributed by atoms with Crippen LogP contribution in [-0.2, 0) is 16.6 Å². The van der Waals surface area contributed by atoms with Crippen LogP contribution in [0, 0.1) is 0 Å². The van der Waals surface area contributed by atoms with E-state index in [9.17, 15) is 9.59 Å². The summed E-state index contributed by atoms with van der Waals surface area (Å²) in [6.07, 6.45) is 5.04. The smallest absolute Gasteiger partial charge is 0.416 e. The largest absolute Gasteiger partial charge is 1.00 e. The van der Waals surface area contributed by atoms with E-state index in [4.69, 9.17) is 0 Å². The van der Waals surface area contributed by atoms with Crippen LogP contribution in [0.1, 0.15) is 6.92 Å². The molecule has 1 aromatic rings. The molecular weight excluding hydrogens is 337 g/mol. The third kappa shape index (κ3) is 4.33. The first-order valence-corrected chi connectivity index (χ1v) is 4.97. The molecule has 17 heavy (non-hydrogen) atoms. The molecule has 1 amide bonds. The Balaban J connectivity index is 0.00000256. The van der Waals surface area contributed by atoms with Gasteiger partial charge in [-0.05, 0) is 6.92 Å². The first-order valence-electron chi connectivity index (χ1n) is 4.97. The summed E-state index contributed by atoms with van der Waals surface area (Å²) < 4.78 is 7.70. The SMILES string of the molecule is CCN(CC(=O)OC)C(=O)n1cc[n+](C)c1.[I-]. The van der Waals surface area contributed by atoms with Crippen LogP contribution in [0.25, 0.3) is 0 Å². The summed E-state index contributed by atoms with van der Waals surface area (Å²) in [4.78, 5) is 24.4. The molecule has 7 heteroatoms. The summed E-state index contributed by atoms with van der Waals surface area (Å²) in [6.45, 7) is 2.23. The van der Waals surface area contributed by atoms with Crippen LogP contribution in [-0.4, -0.2) is 41.7 Å². The number of halogens is 1. The Labute approximate surface area is 117 Å². The number of imidazole rings is 1. The molecule has 0 N–H and O–H groups in total. The molecule has 0 aliphatic rings. The fourth-order valence-electron chi connectivity index (χ4n) is 1.26. The summed E-state index contributed by atoms with van der Waals surface area (Å²) in [6, 6.07) is -0.242. The van der Waals surface area contributed by atoms with Crippen LogP contribution in [0.4, 0.5) is 4.79 Å². The normalized spacial score (nSPS) is 9.35. The van der Waals surface area contributed by atoms with Crippen molar-refractivity contribution in [1.82, 2.24) is 9.47 Å². The quantitative estimate of drug-likeness (QED) is 0.327. The van der Waals surface area contributed by atoms with Crippen molar-refractivity contribution in [3.63, 3.8) is 0 Å². The number of amides is 1. The number of esters is 1. The lowest BCUT2D eigenvalue weighted by molar-refractivity contribution is -0.670. The molecule has 0 saturated heterocycles. The van der Waals surface area contributed by atoms with Gasteiger partial charge in [0, 0.05) is 6.54 Å². The predicted octanol–water partition coefficient (Wildman–Crippen LogP) is -3.22. The van der Waals surface area contributed by atoms with Crippen molar-refractivity contribution in [2.45, 2.75) is 6.92 Å². The lowest BCUT2D eigenvalue weighted by Crippen LogP contribution is -3.00. The number of carbonyl (C=O) groups is 2. The first kappa shape index (κ1) is 15.9. The van der Waals surface area contributed by atoms with Gasteiger partial charge in [-0.1, -0.05) is 0 Å². The van der Waals surface area contributed by atoms with Gasteiger partial charge < -0.3 is 28.7 Å². The molecule has 0 aromatic carbocycles. The van der Waals surface area contributed by atoms with E-state index in [1.54, 1.807) is 23.3 Å². The molecule has 0 spiro atoms. The molecule has 6 nitrogen and oxygen atoms in total.